The van der Waals surface area contributed by atoms with Gasteiger partial charge in [-0.1, -0.05) is 42.1 Å². The standard InChI is InChI=1S/C31H27F2N5O6S3/c1-20-28(30(40)38(37(20)2)24-10-4-3-5-11-24)36-47(43,44)26-12-6-8-21(18-26)29(39)34-23-9-7-13-27(19-23)46(41,42)35-22-14-16-25(17-15-22)45-31(32)33/h3-19,31,35-36H,1-2H3,(H,34,39). The van der Waals surface area contributed by atoms with Crippen molar-refractivity contribution in [1.29, 1.82) is 0 Å². The topological polar surface area (TPSA) is 148 Å². The molecule has 0 unspecified atom stereocenters. The molecule has 0 saturated carbocycles. The van der Waals surface area contributed by atoms with Crippen LogP contribution in [0.2, 0.25) is 0 Å². The van der Waals surface area contributed by atoms with E-state index in [1.165, 1.54) is 76.1 Å². The average molecular weight is 700 g/mol. The molecular weight excluding hydrogens is 673 g/mol. The molecule has 47 heavy (non-hydrogen) atoms. The zero-order valence-corrected chi connectivity index (χ0v) is 27.2. The van der Waals surface area contributed by atoms with Crippen molar-refractivity contribution in [3.8, 4) is 5.69 Å². The minimum atomic E-state index is -4.32. The molecule has 1 aromatic heterocycles. The van der Waals surface area contributed by atoms with Crippen molar-refractivity contribution >= 4 is 54.8 Å². The van der Waals surface area contributed by atoms with Crippen molar-refractivity contribution in [2.45, 2.75) is 27.4 Å². The monoisotopic (exact) mass is 699 g/mol. The summed E-state index contributed by atoms with van der Waals surface area (Å²) in [5.41, 5.74) is 0.376. The smallest absolute Gasteiger partial charge is 0.296 e. The van der Waals surface area contributed by atoms with E-state index in [1.807, 2.05) is 0 Å². The van der Waals surface area contributed by atoms with E-state index in [-0.39, 0.29) is 37.3 Å². The molecule has 0 fully saturated rings. The molecule has 0 radical (unpaired) electrons. The number of halogens is 2. The number of nitrogens with zero attached hydrogens (tertiary/aromatic N) is 2. The van der Waals surface area contributed by atoms with Gasteiger partial charge in [0, 0.05) is 28.9 Å². The van der Waals surface area contributed by atoms with E-state index in [4.69, 9.17) is 0 Å². The van der Waals surface area contributed by atoms with Gasteiger partial charge in [-0.05, 0) is 79.7 Å². The highest BCUT2D eigenvalue weighted by molar-refractivity contribution is 7.99. The van der Waals surface area contributed by atoms with Gasteiger partial charge in [0.25, 0.3) is 37.3 Å². The Morgan fingerprint density at radius 1 is 0.766 bits per heavy atom. The summed E-state index contributed by atoms with van der Waals surface area (Å²) in [6.45, 7) is 1.60. The summed E-state index contributed by atoms with van der Waals surface area (Å²) < 4.78 is 85.4. The first-order chi connectivity index (χ1) is 22.2. The van der Waals surface area contributed by atoms with Crippen LogP contribution < -0.4 is 20.3 Å². The highest BCUT2D eigenvalue weighted by Crippen LogP contribution is 2.27. The van der Waals surface area contributed by atoms with Crippen molar-refractivity contribution in [2.24, 2.45) is 7.05 Å². The number of anilines is 3. The van der Waals surface area contributed by atoms with Gasteiger partial charge in [-0.15, -0.1) is 0 Å². The maximum atomic E-state index is 13.4. The summed E-state index contributed by atoms with van der Waals surface area (Å²) in [6.07, 6.45) is 0. The fourth-order valence-corrected chi connectivity index (χ4v) is 7.31. The van der Waals surface area contributed by atoms with E-state index in [0.717, 1.165) is 6.07 Å². The van der Waals surface area contributed by atoms with Gasteiger partial charge in [-0.2, -0.15) is 8.78 Å². The molecule has 1 heterocycles. The van der Waals surface area contributed by atoms with Crippen LogP contribution >= 0.6 is 11.8 Å². The number of carbonyl (C=O) groups is 1. The lowest BCUT2D eigenvalue weighted by Crippen LogP contribution is -2.23. The number of aromatic nitrogens is 2. The number of carbonyl (C=O) groups excluding carboxylic acids is 1. The zero-order valence-electron chi connectivity index (χ0n) is 24.7. The summed E-state index contributed by atoms with van der Waals surface area (Å²) in [6, 6.07) is 24.6. The predicted molar refractivity (Wildman–Crippen MR) is 177 cm³/mol. The van der Waals surface area contributed by atoms with Crippen molar-refractivity contribution < 1.29 is 30.4 Å². The Kier molecular flexibility index (Phi) is 9.55. The van der Waals surface area contributed by atoms with Gasteiger partial charge >= 0.3 is 0 Å². The van der Waals surface area contributed by atoms with Gasteiger partial charge in [-0.25, -0.2) is 21.5 Å². The third-order valence-corrected chi connectivity index (χ3v) is 10.4. The molecule has 0 bridgehead atoms. The number of sulfonamides is 2. The van der Waals surface area contributed by atoms with Crippen molar-refractivity contribution in [3.63, 3.8) is 0 Å². The molecule has 5 rings (SSSR count). The van der Waals surface area contributed by atoms with Gasteiger partial charge < -0.3 is 5.32 Å². The normalized spacial score (nSPS) is 11.8. The number of amides is 1. The van der Waals surface area contributed by atoms with E-state index >= 15 is 0 Å². The maximum absolute atomic E-state index is 13.4. The van der Waals surface area contributed by atoms with E-state index in [1.54, 1.807) is 44.3 Å². The lowest BCUT2D eigenvalue weighted by molar-refractivity contribution is 0.102. The molecule has 0 aliphatic carbocycles. The fraction of sp³-hybridized carbons (Fsp3) is 0.0968. The molecule has 3 N–H and O–H groups in total. The molecule has 244 valence electrons. The second-order valence-electron chi connectivity index (χ2n) is 10.1. The number of rotatable bonds is 11. The summed E-state index contributed by atoms with van der Waals surface area (Å²) in [7, 11) is -6.82. The highest BCUT2D eigenvalue weighted by atomic mass is 32.2. The first kappa shape index (κ1) is 33.4. The molecule has 0 aliphatic rings. The number of benzene rings is 4. The lowest BCUT2D eigenvalue weighted by atomic mass is 10.2. The quantitative estimate of drug-likeness (QED) is 0.151. The third-order valence-electron chi connectivity index (χ3n) is 6.93. The van der Waals surface area contributed by atoms with Crippen LogP contribution in [0, 0.1) is 6.92 Å². The second kappa shape index (κ2) is 13.4. The molecule has 0 spiro atoms. The van der Waals surface area contributed by atoms with Crippen LogP contribution in [0.3, 0.4) is 0 Å². The Labute approximate surface area is 273 Å². The van der Waals surface area contributed by atoms with Crippen molar-refractivity contribution in [3.05, 3.63) is 125 Å². The van der Waals surface area contributed by atoms with Crippen LogP contribution in [0.15, 0.2) is 123 Å². The van der Waals surface area contributed by atoms with Gasteiger partial charge in [0.15, 0.2) is 0 Å². The molecular formula is C31H27F2N5O6S3. The predicted octanol–water partition coefficient (Wildman–Crippen LogP) is 5.65. The van der Waals surface area contributed by atoms with E-state index in [9.17, 15) is 35.2 Å². The number of hydrogen-bond donors (Lipinski definition) is 3. The summed E-state index contributed by atoms with van der Waals surface area (Å²) in [4.78, 5) is 26.1. The van der Waals surface area contributed by atoms with Gasteiger partial charge in [0.2, 0.25) is 0 Å². The highest BCUT2D eigenvalue weighted by Gasteiger charge is 2.24. The second-order valence-corrected chi connectivity index (χ2v) is 14.5. The molecule has 16 heteroatoms. The van der Waals surface area contributed by atoms with E-state index < -0.39 is 37.3 Å². The minimum absolute atomic E-state index is 0.0486. The first-order valence-corrected chi connectivity index (χ1v) is 17.6. The van der Waals surface area contributed by atoms with Crippen LogP contribution in [0.5, 0.6) is 0 Å². The van der Waals surface area contributed by atoms with E-state index in [2.05, 4.69) is 14.8 Å². The molecule has 0 atom stereocenters. The number of para-hydroxylation sites is 1. The summed E-state index contributed by atoms with van der Waals surface area (Å²) >= 11 is 0.329. The largest absolute Gasteiger partial charge is 0.322 e. The number of alkyl halides is 2. The molecule has 11 nitrogen and oxygen atoms in total. The summed E-state index contributed by atoms with van der Waals surface area (Å²) in [5.74, 6) is -3.34. The first-order valence-electron chi connectivity index (χ1n) is 13.7. The third kappa shape index (κ3) is 7.56. The zero-order chi connectivity index (χ0) is 33.9. The molecule has 0 aliphatic heterocycles. The Morgan fingerprint density at radius 2 is 1.38 bits per heavy atom. The minimum Gasteiger partial charge on any atom is -0.322 e. The Balaban J connectivity index is 1.32. The van der Waals surface area contributed by atoms with Crippen molar-refractivity contribution in [1.82, 2.24) is 9.36 Å². The van der Waals surface area contributed by atoms with Gasteiger partial charge in [0.1, 0.15) is 5.69 Å². The number of hydrogen-bond acceptors (Lipinski definition) is 7. The molecule has 1 amide bonds. The SMILES string of the molecule is Cc1c(NS(=O)(=O)c2cccc(C(=O)Nc3cccc(S(=O)(=O)Nc4ccc(SC(F)F)cc4)c3)c2)c(=O)n(-c2ccccc2)n1C. The number of thioether (sulfide) groups is 1. The Morgan fingerprint density at radius 3 is 2.04 bits per heavy atom. The van der Waals surface area contributed by atoms with Crippen LogP contribution in [0.4, 0.5) is 25.8 Å². The number of nitrogens with one attached hydrogen (secondary N) is 3. The van der Waals surface area contributed by atoms with Gasteiger partial charge in [0.05, 0.1) is 21.2 Å². The summed E-state index contributed by atoms with van der Waals surface area (Å²) in [5, 5.41) is 2.56. The van der Waals surface area contributed by atoms with Crippen LogP contribution in [-0.2, 0) is 27.1 Å². The van der Waals surface area contributed by atoms with E-state index in [0.29, 0.717) is 23.1 Å². The fourth-order valence-electron chi connectivity index (χ4n) is 4.55. The Bertz CT molecular complexity index is 2220. The van der Waals surface area contributed by atoms with Crippen LogP contribution in [-0.4, -0.2) is 37.9 Å². The maximum Gasteiger partial charge on any atom is 0.296 e. The van der Waals surface area contributed by atoms with Gasteiger partial charge in [-0.3, -0.25) is 23.7 Å². The molecule has 4 aromatic carbocycles. The molecule has 0 saturated heterocycles. The lowest BCUT2D eigenvalue weighted by Gasteiger charge is -2.11. The Hall–Kier alpha value is -4.93. The average Bonchev–Trinajstić information content (AvgIpc) is 3.24. The van der Waals surface area contributed by atoms with Crippen LogP contribution in [0.1, 0.15) is 16.1 Å². The van der Waals surface area contributed by atoms with Crippen LogP contribution in [0.25, 0.3) is 5.69 Å². The molecule has 5 aromatic rings. The van der Waals surface area contributed by atoms with Crippen molar-refractivity contribution in [2.75, 3.05) is 14.8 Å².